The first-order valence-electron chi connectivity index (χ1n) is 14.1. The van der Waals surface area contributed by atoms with Gasteiger partial charge in [-0.2, -0.15) is 0 Å². The second-order valence-corrected chi connectivity index (χ2v) is 11.6. The van der Waals surface area contributed by atoms with E-state index in [2.05, 4.69) is 46.9 Å². The van der Waals surface area contributed by atoms with Crippen LogP contribution in [0.5, 0.6) is 0 Å². The van der Waals surface area contributed by atoms with Crippen molar-refractivity contribution in [3.05, 3.63) is 0 Å². The monoisotopic (exact) mass is 432 g/mol. The van der Waals surface area contributed by atoms with Crippen molar-refractivity contribution in [1.82, 2.24) is 5.32 Å². The first-order chi connectivity index (χ1) is 14.9. The number of unbranched alkanes of at least 4 members (excludes halogenated alkanes) is 1. The van der Waals surface area contributed by atoms with Gasteiger partial charge in [-0.05, 0) is 68.1 Å². The molecule has 2 rings (SSSR count). The Morgan fingerprint density at radius 3 is 2.23 bits per heavy atom. The fourth-order valence-electron chi connectivity index (χ4n) is 6.95. The average molecular weight is 433 g/mol. The summed E-state index contributed by atoms with van der Waals surface area (Å²) < 4.78 is 0. The van der Waals surface area contributed by atoms with E-state index in [1.165, 1.54) is 89.3 Å². The van der Waals surface area contributed by atoms with E-state index in [1.54, 1.807) is 0 Å². The molecular formula is C29H56N2. The summed E-state index contributed by atoms with van der Waals surface area (Å²) in [6.07, 6.45) is 18.0. The number of amidine groups is 1. The summed E-state index contributed by atoms with van der Waals surface area (Å²) in [5.41, 5.74) is 0. The van der Waals surface area contributed by atoms with E-state index in [-0.39, 0.29) is 0 Å². The third-order valence-electron chi connectivity index (χ3n) is 9.29. The van der Waals surface area contributed by atoms with E-state index in [1.807, 2.05) is 7.05 Å². The summed E-state index contributed by atoms with van der Waals surface area (Å²) in [7, 11) is 2.02. The summed E-state index contributed by atoms with van der Waals surface area (Å²) in [6, 6.07) is 0.537. The van der Waals surface area contributed by atoms with Crippen molar-refractivity contribution < 1.29 is 0 Å². The summed E-state index contributed by atoms with van der Waals surface area (Å²) in [4.78, 5) is 4.80. The fraction of sp³-hybridized carbons (Fsp3) is 0.966. The van der Waals surface area contributed by atoms with Crippen LogP contribution in [0.1, 0.15) is 125 Å². The second-order valence-electron chi connectivity index (χ2n) is 11.6. The van der Waals surface area contributed by atoms with Crippen molar-refractivity contribution >= 4 is 5.84 Å². The lowest BCUT2D eigenvalue weighted by atomic mass is 9.67. The summed E-state index contributed by atoms with van der Waals surface area (Å²) in [5.74, 6) is 7.15. The molecular weight excluding hydrogens is 376 g/mol. The van der Waals surface area contributed by atoms with Gasteiger partial charge in [0, 0.05) is 19.0 Å². The lowest BCUT2D eigenvalue weighted by Crippen LogP contribution is -2.46. The molecule has 31 heavy (non-hydrogen) atoms. The molecule has 2 saturated carbocycles. The second kappa shape index (κ2) is 13.9. The molecule has 6 atom stereocenters. The molecule has 6 unspecified atom stereocenters. The smallest absolute Gasteiger partial charge is 0.0993 e. The molecule has 0 spiro atoms. The van der Waals surface area contributed by atoms with E-state index in [9.17, 15) is 0 Å². The van der Waals surface area contributed by atoms with Crippen LogP contribution in [0.3, 0.4) is 0 Å². The Hall–Kier alpha value is -0.530. The zero-order valence-corrected chi connectivity index (χ0v) is 22.3. The first-order valence-corrected chi connectivity index (χ1v) is 14.1. The average Bonchev–Trinajstić information content (AvgIpc) is 2.77. The molecule has 0 bridgehead atoms. The van der Waals surface area contributed by atoms with Crippen molar-refractivity contribution in [2.75, 3.05) is 7.05 Å². The largest absolute Gasteiger partial charge is 0.371 e. The highest BCUT2D eigenvalue weighted by Crippen LogP contribution is 2.41. The van der Waals surface area contributed by atoms with Crippen molar-refractivity contribution in [2.45, 2.75) is 131 Å². The van der Waals surface area contributed by atoms with E-state index < -0.39 is 0 Å². The lowest BCUT2D eigenvalue weighted by molar-refractivity contribution is 0.114. The van der Waals surface area contributed by atoms with E-state index in [4.69, 9.17) is 4.99 Å². The Labute approximate surface area is 195 Å². The van der Waals surface area contributed by atoms with Crippen LogP contribution in [0.25, 0.3) is 0 Å². The molecule has 0 aromatic heterocycles. The number of aliphatic imine (C=N–C) groups is 1. The molecule has 0 aromatic carbocycles. The van der Waals surface area contributed by atoms with Crippen LogP contribution in [0.4, 0.5) is 0 Å². The van der Waals surface area contributed by atoms with Crippen molar-refractivity contribution in [1.29, 1.82) is 0 Å². The van der Waals surface area contributed by atoms with Crippen LogP contribution in [0, 0.1) is 41.4 Å². The molecule has 182 valence electrons. The Balaban J connectivity index is 2.10. The number of hydrogen-bond donors (Lipinski definition) is 1. The minimum Gasteiger partial charge on any atom is -0.371 e. The number of hydrogen-bond acceptors (Lipinski definition) is 1. The van der Waals surface area contributed by atoms with Crippen LogP contribution in [0.15, 0.2) is 4.99 Å². The quantitative estimate of drug-likeness (QED) is 0.257. The predicted molar refractivity (Wildman–Crippen MR) is 139 cm³/mol. The molecule has 0 aliphatic heterocycles. The van der Waals surface area contributed by atoms with Crippen molar-refractivity contribution in [3.63, 3.8) is 0 Å². The summed E-state index contributed by atoms with van der Waals surface area (Å²) in [6.45, 7) is 14.8. The third kappa shape index (κ3) is 8.08. The predicted octanol–water partition coefficient (Wildman–Crippen LogP) is 8.50. The van der Waals surface area contributed by atoms with Gasteiger partial charge in [0.25, 0.3) is 0 Å². The molecule has 0 saturated heterocycles. The highest BCUT2D eigenvalue weighted by atomic mass is 15.0. The van der Waals surface area contributed by atoms with Gasteiger partial charge in [0.2, 0.25) is 0 Å². The maximum Gasteiger partial charge on any atom is 0.0993 e. The van der Waals surface area contributed by atoms with Gasteiger partial charge in [-0.3, -0.25) is 4.99 Å². The van der Waals surface area contributed by atoms with Gasteiger partial charge in [-0.15, -0.1) is 0 Å². The molecule has 1 N–H and O–H groups in total. The zero-order valence-electron chi connectivity index (χ0n) is 22.3. The Morgan fingerprint density at radius 1 is 0.968 bits per heavy atom. The number of rotatable bonds is 11. The van der Waals surface area contributed by atoms with Gasteiger partial charge in [0.15, 0.2) is 0 Å². The van der Waals surface area contributed by atoms with Crippen LogP contribution in [0.2, 0.25) is 0 Å². The molecule has 0 heterocycles. The Bertz CT molecular complexity index is 505. The lowest BCUT2D eigenvalue weighted by Gasteiger charge is -2.42. The Kier molecular flexibility index (Phi) is 12.0. The van der Waals surface area contributed by atoms with Gasteiger partial charge in [-0.1, -0.05) is 92.4 Å². The molecule has 2 heteroatoms. The van der Waals surface area contributed by atoms with Gasteiger partial charge < -0.3 is 5.32 Å². The third-order valence-corrected chi connectivity index (χ3v) is 9.29. The van der Waals surface area contributed by atoms with E-state index in [0.29, 0.717) is 12.0 Å². The van der Waals surface area contributed by atoms with E-state index >= 15 is 0 Å². The number of nitrogens with zero attached hydrogens (tertiary/aromatic N) is 1. The molecule has 2 fully saturated rings. The van der Waals surface area contributed by atoms with Crippen molar-refractivity contribution in [3.8, 4) is 0 Å². The van der Waals surface area contributed by atoms with Gasteiger partial charge in [0.1, 0.15) is 0 Å². The SMILES string of the molecule is CCCCC(CC)C(C)CC(C(C)NC(=NC)C1CCC(C)CC1)C1CCCCC1C. The molecule has 2 aliphatic rings. The zero-order chi connectivity index (χ0) is 22.8. The highest BCUT2D eigenvalue weighted by molar-refractivity contribution is 5.84. The number of nitrogens with one attached hydrogen (secondary N) is 1. The van der Waals surface area contributed by atoms with Crippen molar-refractivity contribution in [2.24, 2.45) is 46.4 Å². The molecule has 0 amide bonds. The van der Waals surface area contributed by atoms with E-state index in [0.717, 1.165) is 35.5 Å². The molecule has 2 aliphatic carbocycles. The molecule has 2 nitrogen and oxygen atoms in total. The standard InChI is InChI=1S/C29H56N2/c1-8-10-14-25(9-2)23(5)20-28(27-15-12-11-13-22(27)4)24(6)31-29(30-7)26-18-16-21(3)17-19-26/h21-28H,8-20H2,1-7H3,(H,30,31). The fourth-order valence-corrected chi connectivity index (χ4v) is 6.95. The Morgan fingerprint density at radius 2 is 1.65 bits per heavy atom. The molecule has 0 radical (unpaired) electrons. The van der Waals surface area contributed by atoms with Crippen LogP contribution in [-0.2, 0) is 0 Å². The van der Waals surface area contributed by atoms with Gasteiger partial charge in [-0.25, -0.2) is 0 Å². The first kappa shape index (κ1) is 26.7. The highest BCUT2D eigenvalue weighted by Gasteiger charge is 2.35. The maximum atomic E-state index is 4.80. The normalized spacial score (nSPS) is 31.6. The van der Waals surface area contributed by atoms with Crippen LogP contribution >= 0.6 is 0 Å². The topological polar surface area (TPSA) is 24.4 Å². The van der Waals surface area contributed by atoms with Gasteiger partial charge >= 0.3 is 0 Å². The summed E-state index contributed by atoms with van der Waals surface area (Å²) in [5, 5.41) is 4.02. The minimum absolute atomic E-state index is 0.537. The summed E-state index contributed by atoms with van der Waals surface area (Å²) >= 11 is 0. The minimum atomic E-state index is 0.537. The van der Waals surface area contributed by atoms with Gasteiger partial charge in [0.05, 0.1) is 5.84 Å². The molecule has 0 aromatic rings. The maximum absolute atomic E-state index is 4.80. The van der Waals surface area contributed by atoms with Crippen LogP contribution < -0.4 is 5.32 Å². The van der Waals surface area contributed by atoms with Crippen LogP contribution in [-0.4, -0.2) is 18.9 Å².